The molecule has 2 heterocycles. The van der Waals surface area contributed by atoms with Crippen LogP contribution >= 0.6 is 0 Å². The molecule has 8 aromatic rings. The maximum atomic E-state index is 6.79. The summed E-state index contributed by atoms with van der Waals surface area (Å²) in [5.74, 6) is 1.81. The molecule has 0 atom stereocenters. The van der Waals surface area contributed by atoms with E-state index in [1.54, 1.807) is 0 Å². The third-order valence-electron chi connectivity index (χ3n) is 10.4. The van der Waals surface area contributed by atoms with Crippen molar-refractivity contribution < 1.29 is 4.74 Å². The first-order chi connectivity index (χ1) is 25.2. The lowest BCUT2D eigenvalue weighted by atomic mass is 9.33. The first kappa shape index (κ1) is 29.4. The lowest BCUT2D eigenvalue weighted by molar-refractivity contribution is 0.487. The number of rotatable bonds is 5. The minimum absolute atomic E-state index is 0.0406. The highest BCUT2D eigenvalue weighted by Crippen LogP contribution is 2.47. The lowest BCUT2D eigenvalue weighted by Crippen LogP contribution is -2.59. The molecule has 0 amide bonds. The second kappa shape index (κ2) is 11.8. The third kappa shape index (κ3) is 4.75. The molecule has 0 aliphatic carbocycles. The number of benzene rings is 8. The van der Waals surface area contributed by atoms with Gasteiger partial charge in [0.25, 0.3) is 6.71 Å². The fourth-order valence-electron chi connectivity index (χ4n) is 8.08. The highest BCUT2D eigenvalue weighted by atomic mass is 16.5. The van der Waals surface area contributed by atoms with Gasteiger partial charge in [-0.05, 0) is 100 Å². The van der Waals surface area contributed by atoms with Crippen LogP contribution in [0.1, 0.15) is 5.56 Å². The second-order valence-electron chi connectivity index (χ2n) is 13.4. The van der Waals surface area contributed by atoms with Gasteiger partial charge in [0.1, 0.15) is 11.5 Å². The van der Waals surface area contributed by atoms with Gasteiger partial charge in [-0.25, -0.2) is 0 Å². The van der Waals surface area contributed by atoms with Gasteiger partial charge in [0, 0.05) is 33.8 Å². The Bertz CT molecular complexity index is 2530. The van der Waals surface area contributed by atoms with E-state index < -0.39 is 0 Å². The molecule has 2 aliphatic heterocycles. The fourth-order valence-corrected chi connectivity index (χ4v) is 8.08. The Morgan fingerprint density at radius 3 is 1.84 bits per heavy atom. The summed E-state index contributed by atoms with van der Waals surface area (Å²) in [5, 5.41) is 2.42. The summed E-state index contributed by atoms with van der Waals surface area (Å²) in [5.41, 5.74) is 14.0. The van der Waals surface area contributed by atoms with Crippen molar-refractivity contribution >= 4 is 68.0 Å². The predicted molar refractivity (Wildman–Crippen MR) is 215 cm³/mol. The first-order valence-electron chi connectivity index (χ1n) is 17.6. The van der Waals surface area contributed by atoms with Crippen LogP contribution in [0.15, 0.2) is 182 Å². The van der Waals surface area contributed by atoms with E-state index in [1.807, 2.05) is 0 Å². The van der Waals surface area contributed by atoms with Crippen LogP contribution in [0.5, 0.6) is 11.5 Å². The zero-order valence-corrected chi connectivity index (χ0v) is 28.2. The number of nitrogens with zero attached hydrogens (tertiary/aromatic N) is 2. The lowest BCUT2D eigenvalue weighted by Gasteiger charge is -2.41. The number of hydrogen-bond donors (Lipinski definition) is 0. The summed E-state index contributed by atoms with van der Waals surface area (Å²) in [4.78, 5) is 4.84. The molecule has 0 N–H and O–H groups in total. The summed E-state index contributed by atoms with van der Waals surface area (Å²) >= 11 is 0. The quantitative estimate of drug-likeness (QED) is 0.172. The molecule has 8 aromatic carbocycles. The van der Waals surface area contributed by atoms with Crippen molar-refractivity contribution in [2.24, 2.45) is 0 Å². The van der Waals surface area contributed by atoms with Crippen LogP contribution in [0.4, 0.5) is 34.1 Å². The number of fused-ring (bicyclic) bond motifs is 6. The van der Waals surface area contributed by atoms with Crippen molar-refractivity contribution in [2.75, 3.05) is 9.80 Å². The van der Waals surface area contributed by atoms with Crippen LogP contribution in [0, 0.1) is 6.92 Å². The third-order valence-corrected chi connectivity index (χ3v) is 10.4. The topological polar surface area (TPSA) is 15.7 Å². The summed E-state index contributed by atoms with van der Waals surface area (Å²) in [6.07, 6.45) is 0. The van der Waals surface area contributed by atoms with E-state index in [2.05, 4.69) is 199 Å². The largest absolute Gasteiger partial charge is 0.458 e. The Kier molecular flexibility index (Phi) is 6.82. The molecule has 0 saturated carbocycles. The van der Waals surface area contributed by atoms with Gasteiger partial charge in [-0.15, -0.1) is 0 Å². The summed E-state index contributed by atoms with van der Waals surface area (Å²) < 4.78 is 6.79. The zero-order chi connectivity index (χ0) is 33.9. The van der Waals surface area contributed by atoms with E-state index in [0.717, 1.165) is 45.6 Å². The van der Waals surface area contributed by atoms with Crippen molar-refractivity contribution in [3.05, 3.63) is 188 Å². The monoisotopic (exact) mass is 652 g/mol. The molecule has 3 nitrogen and oxygen atoms in total. The van der Waals surface area contributed by atoms with Crippen LogP contribution in [-0.4, -0.2) is 6.71 Å². The molecular weight excluding hydrogens is 619 g/mol. The van der Waals surface area contributed by atoms with E-state index in [4.69, 9.17) is 4.74 Å². The standard InChI is InChI=1S/C47H33BN2O/c1-32-24-27-37(28-25-32)50-41-22-13-23-45-47(41)48(40-30-34(26-29-44(40)51-45)33-14-5-2-6-15-33)46-39-21-12-11-20-38(39)42(31-43(46)50)49(35-16-7-3-8-17-35)36-18-9-4-10-19-36/h2-31H,1H3. The number of anilines is 6. The van der Waals surface area contributed by atoms with Crippen molar-refractivity contribution in [1.29, 1.82) is 0 Å². The molecule has 51 heavy (non-hydrogen) atoms. The first-order valence-corrected chi connectivity index (χ1v) is 17.6. The number of para-hydroxylation sites is 2. The number of aryl methyl sites for hydroxylation is 1. The van der Waals surface area contributed by atoms with Crippen LogP contribution in [-0.2, 0) is 0 Å². The Hall–Kier alpha value is -6.52. The number of hydrogen-bond acceptors (Lipinski definition) is 3. The molecule has 240 valence electrons. The average molecular weight is 653 g/mol. The highest BCUT2D eigenvalue weighted by molar-refractivity contribution is 7.00. The molecule has 4 heteroatoms. The van der Waals surface area contributed by atoms with Gasteiger partial charge in [-0.1, -0.05) is 127 Å². The maximum absolute atomic E-state index is 6.79. The molecule has 10 rings (SSSR count). The molecule has 0 aromatic heterocycles. The van der Waals surface area contributed by atoms with Gasteiger partial charge in [0.05, 0.1) is 5.69 Å². The molecule has 0 unspecified atom stereocenters. The van der Waals surface area contributed by atoms with Gasteiger partial charge in [-0.2, -0.15) is 0 Å². The SMILES string of the molecule is Cc1ccc(N2c3cccc4c3B(c3cc(-c5ccccc5)ccc3O4)c3c2cc(N(c2ccccc2)c2ccccc2)c2ccccc32)cc1. The van der Waals surface area contributed by atoms with Crippen molar-refractivity contribution in [2.45, 2.75) is 6.92 Å². The van der Waals surface area contributed by atoms with Crippen molar-refractivity contribution in [1.82, 2.24) is 0 Å². The van der Waals surface area contributed by atoms with Crippen LogP contribution in [0.2, 0.25) is 0 Å². The fraction of sp³-hybridized carbons (Fsp3) is 0.0213. The molecular formula is C47H33BN2O. The molecule has 2 aliphatic rings. The number of ether oxygens (including phenoxy) is 1. The van der Waals surface area contributed by atoms with Gasteiger partial charge >= 0.3 is 0 Å². The smallest absolute Gasteiger partial charge is 0.257 e. The minimum Gasteiger partial charge on any atom is -0.458 e. The van der Waals surface area contributed by atoms with Gasteiger partial charge in [0.2, 0.25) is 0 Å². The Labute approximate surface area is 298 Å². The van der Waals surface area contributed by atoms with Gasteiger partial charge in [-0.3, -0.25) is 0 Å². The van der Waals surface area contributed by atoms with Crippen molar-refractivity contribution in [3.63, 3.8) is 0 Å². The van der Waals surface area contributed by atoms with Gasteiger partial charge < -0.3 is 14.5 Å². The predicted octanol–water partition coefficient (Wildman–Crippen LogP) is 10.7. The molecule has 0 saturated heterocycles. The van der Waals surface area contributed by atoms with E-state index in [-0.39, 0.29) is 6.71 Å². The minimum atomic E-state index is -0.0406. The highest BCUT2D eigenvalue weighted by Gasteiger charge is 2.43. The Balaban J connectivity index is 1.32. The van der Waals surface area contributed by atoms with E-state index in [1.165, 1.54) is 43.9 Å². The maximum Gasteiger partial charge on any atom is 0.257 e. The van der Waals surface area contributed by atoms with Gasteiger partial charge in [0.15, 0.2) is 0 Å². The normalized spacial score (nSPS) is 12.5. The average Bonchev–Trinajstić information content (AvgIpc) is 3.19. The van der Waals surface area contributed by atoms with E-state index in [9.17, 15) is 0 Å². The molecule has 0 fully saturated rings. The van der Waals surface area contributed by atoms with E-state index in [0.29, 0.717) is 0 Å². The molecule has 0 bridgehead atoms. The summed E-state index contributed by atoms with van der Waals surface area (Å²) in [7, 11) is 0. The van der Waals surface area contributed by atoms with Crippen molar-refractivity contribution in [3.8, 4) is 22.6 Å². The van der Waals surface area contributed by atoms with Crippen LogP contribution in [0.25, 0.3) is 21.9 Å². The zero-order valence-electron chi connectivity index (χ0n) is 28.2. The Morgan fingerprint density at radius 1 is 0.490 bits per heavy atom. The second-order valence-corrected chi connectivity index (χ2v) is 13.4. The summed E-state index contributed by atoms with van der Waals surface area (Å²) in [6, 6.07) is 65.5. The Morgan fingerprint density at radius 2 is 1.14 bits per heavy atom. The van der Waals surface area contributed by atoms with Crippen LogP contribution in [0.3, 0.4) is 0 Å². The molecule has 0 spiro atoms. The summed E-state index contributed by atoms with van der Waals surface area (Å²) in [6.45, 7) is 2.10. The molecule has 0 radical (unpaired) electrons. The van der Waals surface area contributed by atoms with Crippen LogP contribution < -0.4 is 30.9 Å². The van der Waals surface area contributed by atoms with E-state index >= 15 is 0 Å².